The van der Waals surface area contributed by atoms with E-state index in [1.165, 1.54) is 11.8 Å². The maximum absolute atomic E-state index is 11.7. The lowest BCUT2D eigenvalue weighted by Gasteiger charge is -2.08. The fraction of sp³-hybridized carbons (Fsp3) is 0.455. The Kier molecular flexibility index (Phi) is 4.06. The Morgan fingerprint density at radius 2 is 2.18 bits per heavy atom. The fourth-order valence-corrected chi connectivity index (χ4v) is 3.69. The van der Waals surface area contributed by atoms with Crippen molar-refractivity contribution in [1.29, 1.82) is 0 Å². The molecule has 2 heterocycles. The van der Waals surface area contributed by atoms with Crippen LogP contribution < -0.4 is 5.32 Å². The van der Waals surface area contributed by atoms with E-state index in [1.54, 1.807) is 6.07 Å². The first-order valence-electron chi connectivity index (χ1n) is 5.36. The fourth-order valence-electron chi connectivity index (χ4n) is 1.64. The zero-order chi connectivity index (χ0) is 12.3. The summed E-state index contributed by atoms with van der Waals surface area (Å²) in [6, 6.07) is 3.03. The molecule has 4 nitrogen and oxygen atoms in total. The molecule has 1 amide bonds. The highest BCUT2D eigenvalue weighted by molar-refractivity contribution is 7.99. The van der Waals surface area contributed by atoms with Crippen LogP contribution in [0.25, 0.3) is 0 Å². The summed E-state index contributed by atoms with van der Waals surface area (Å²) in [5.74, 6) is 1.68. The molecule has 1 aromatic rings. The number of nitrogens with one attached hydrogen (secondary N) is 1. The number of thiophene rings is 1. The van der Waals surface area contributed by atoms with Crippen molar-refractivity contribution in [3.8, 4) is 0 Å². The van der Waals surface area contributed by atoms with Gasteiger partial charge in [0, 0.05) is 6.54 Å². The van der Waals surface area contributed by atoms with Gasteiger partial charge in [0.05, 0.1) is 4.88 Å². The van der Waals surface area contributed by atoms with Gasteiger partial charge in [0.2, 0.25) is 0 Å². The molecule has 2 N–H and O–H groups in total. The lowest BCUT2D eigenvalue weighted by atomic mass is 10.1. The number of aromatic carboxylic acids is 1. The van der Waals surface area contributed by atoms with E-state index >= 15 is 0 Å². The van der Waals surface area contributed by atoms with Gasteiger partial charge in [-0.3, -0.25) is 4.79 Å². The second-order valence-electron chi connectivity index (χ2n) is 3.91. The van der Waals surface area contributed by atoms with E-state index in [0.717, 1.165) is 23.5 Å². The number of carboxylic acid groups (broad SMARTS) is 1. The number of carbonyl (C=O) groups excluding carboxylic acids is 1. The minimum absolute atomic E-state index is 0.167. The molecule has 1 unspecified atom stereocenters. The Hall–Kier alpha value is -1.01. The molecule has 1 aliphatic rings. The van der Waals surface area contributed by atoms with Gasteiger partial charge in [-0.1, -0.05) is 0 Å². The maximum atomic E-state index is 11.7. The molecule has 2 rings (SSSR count). The predicted octanol–water partition coefficient (Wildman–Crippen LogP) is 1.93. The van der Waals surface area contributed by atoms with Crippen LogP contribution in [0.5, 0.6) is 0 Å². The molecule has 17 heavy (non-hydrogen) atoms. The van der Waals surface area contributed by atoms with Crippen molar-refractivity contribution < 1.29 is 14.7 Å². The van der Waals surface area contributed by atoms with Gasteiger partial charge in [0.1, 0.15) is 4.88 Å². The van der Waals surface area contributed by atoms with Crippen LogP contribution in [0.2, 0.25) is 0 Å². The number of rotatable bonds is 4. The molecule has 0 bridgehead atoms. The highest BCUT2D eigenvalue weighted by atomic mass is 32.2. The first-order chi connectivity index (χ1) is 8.16. The van der Waals surface area contributed by atoms with E-state index in [4.69, 9.17) is 5.11 Å². The van der Waals surface area contributed by atoms with E-state index in [2.05, 4.69) is 5.32 Å². The Morgan fingerprint density at radius 1 is 1.41 bits per heavy atom. The van der Waals surface area contributed by atoms with Gasteiger partial charge in [-0.05, 0) is 36.0 Å². The van der Waals surface area contributed by atoms with Crippen molar-refractivity contribution in [2.45, 2.75) is 6.42 Å². The summed E-state index contributed by atoms with van der Waals surface area (Å²) >= 11 is 2.93. The van der Waals surface area contributed by atoms with Gasteiger partial charge in [-0.2, -0.15) is 11.8 Å². The number of thioether (sulfide) groups is 1. The van der Waals surface area contributed by atoms with Crippen molar-refractivity contribution in [3.05, 3.63) is 21.9 Å². The zero-order valence-corrected chi connectivity index (χ0v) is 10.8. The van der Waals surface area contributed by atoms with E-state index in [9.17, 15) is 9.59 Å². The summed E-state index contributed by atoms with van der Waals surface area (Å²) < 4.78 is 0. The first-order valence-corrected chi connectivity index (χ1v) is 7.33. The molecule has 0 saturated carbocycles. The van der Waals surface area contributed by atoms with Gasteiger partial charge >= 0.3 is 5.97 Å². The van der Waals surface area contributed by atoms with Crippen LogP contribution in [-0.4, -0.2) is 35.0 Å². The van der Waals surface area contributed by atoms with E-state index in [-0.39, 0.29) is 10.8 Å². The third kappa shape index (κ3) is 3.23. The predicted molar refractivity (Wildman–Crippen MR) is 69.0 cm³/mol. The molecular weight excluding hydrogens is 258 g/mol. The molecular formula is C11H13NO3S2. The van der Waals surface area contributed by atoms with Crippen LogP contribution in [0.4, 0.5) is 0 Å². The SMILES string of the molecule is O=C(O)c1ccc(C(=O)NCC2CCSC2)s1. The third-order valence-electron chi connectivity index (χ3n) is 2.62. The molecule has 1 atom stereocenters. The number of carboxylic acids is 1. The molecule has 0 aromatic carbocycles. The van der Waals surface area contributed by atoms with Crippen molar-refractivity contribution in [2.75, 3.05) is 18.1 Å². The van der Waals surface area contributed by atoms with Crippen LogP contribution in [0.1, 0.15) is 25.8 Å². The number of hydrogen-bond donors (Lipinski definition) is 2. The van der Waals surface area contributed by atoms with Gasteiger partial charge in [-0.25, -0.2) is 4.79 Å². The molecule has 0 radical (unpaired) electrons. The second-order valence-corrected chi connectivity index (χ2v) is 6.14. The summed E-state index contributed by atoms with van der Waals surface area (Å²) in [6.07, 6.45) is 1.15. The lowest BCUT2D eigenvalue weighted by Crippen LogP contribution is -2.28. The summed E-state index contributed by atoms with van der Waals surface area (Å²) in [5, 5.41) is 11.6. The smallest absolute Gasteiger partial charge is 0.345 e. The second kappa shape index (κ2) is 5.55. The average molecular weight is 271 g/mol. The summed E-state index contributed by atoms with van der Waals surface area (Å²) in [4.78, 5) is 23.1. The summed E-state index contributed by atoms with van der Waals surface area (Å²) in [6.45, 7) is 0.687. The average Bonchev–Trinajstić information content (AvgIpc) is 2.96. The van der Waals surface area contributed by atoms with Crippen LogP contribution in [0.15, 0.2) is 12.1 Å². The minimum Gasteiger partial charge on any atom is -0.477 e. The Labute approximate surface area is 107 Å². The van der Waals surface area contributed by atoms with Gasteiger partial charge in [0.15, 0.2) is 0 Å². The van der Waals surface area contributed by atoms with Crippen LogP contribution >= 0.6 is 23.1 Å². The van der Waals surface area contributed by atoms with Crippen molar-refractivity contribution >= 4 is 35.0 Å². The molecule has 1 saturated heterocycles. The highest BCUT2D eigenvalue weighted by Crippen LogP contribution is 2.23. The molecule has 1 aliphatic heterocycles. The van der Waals surface area contributed by atoms with E-state index in [1.807, 2.05) is 11.8 Å². The zero-order valence-electron chi connectivity index (χ0n) is 9.14. The quantitative estimate of drug-likeness (QED) is 0.878. The molecule has 92 valence electrons. The van der Waals surface area contributed by atoms with Crippen molar-refractivity contribution in [2.24, 2.45) is 5.92 Å². The molecule has 6 heteroatoms. The normalized spacial score (nSPS) is 19.2. The monoisotopic (exact) mass is 271 g/mol. The molecule has 1 aromatic heterocycles. The van der Waals surface area contributed by atoms with Crippen LogP contribution in [0, 0.1) is 5.92 Å². The number of carbonyl (C=O) groups is 2. The maximum Gasteiger partial charge on any atom is 0.345 e. The standard InChI is InChI=1S/C11H13NO3S2/c13-10(12-5-7-3-4-16-6-7)8-1-2-9(17-8)11(14)15/h1-2,7H,3-6H2,(H,12,13)(H,14,15). The Balaban J connectivity index is 1.87. The number of hydrogen-bond acceptors (Lipinski definition) is 4. The van der Waals surface area contributed by atoms with E-state index in [0.29, 0.717) is 17.3 Å². The first kappa shape index (κ1) is 12.4. The molecule has 0 spiro atoms. The molecule has 1 fully saturated rings. The van der Waals surface area contributed by atoms with Crippen molar-refractivity contribution in [3.63, 3.8) is 0 Å². The van der Waals surface area contributed by atoms with Crippen LogP contribution in [0.3, 0.4) is 0 Å². The topological polar surface area (TPSA) is 66.4 Å². The lowest BCUT2D eigenvalue weighted by molar-refractivity contribution is 0.0702. The minimum atomic E-state index is -0.985. The Bertz CT molecular complexity index is 424. The number of amides is 1. The highest BCUT2D eigenvalue weighted by Gasteiger charge is 2.18. The molecule has 0 aliphatic carbocycles. The van der Waals surface area contributed by atoms with Crippen molar-refractivity contribution in [1.82, 2.24) is 5.32 Å². The summed E-state index contributed by atoms with van der Waals surface area (Å²) in [5.41, 5.74) is 0. The van der Waals surface area contributed by atoms with Gasteiger partial charge in [0.25, 0.3) is 5.91 Å². The summed E-state index contributed by atoms with van der Waals surface area (Å²) in [7, 11) is 0. The van der Waals surface area contributed by atoms with Gasteiger partial charge < -0.3 is 10.4 Å². The van der Waals surface area contributed by atoms with Gasteiger partial charge in [-0.15, -0.1) is 11.3 Å². The Morgan fingerprint density at radius 3 is 2.76 bits per heavy atom. The van der Waals surface area contributed by atoms with Crippen LogP contribution in [-0.2, 0) is 0 Å². The van der Waals surface area contributed by atoms with E-state index < -0.39 is 5.97 Å². The largest absolute Gasteiger partial charge is 0.477 e. The third-order valence-corrected chi connectivity index (χ3v) is 4.92.